The number of fused-ring (bicyclic) bond motifs is 1. The number of nitrogens with two attached hydrogens (primary N) is 1. The molecule has 2 aromatic heterocycles. The van der Waals surface area contributed by atoms with Crippen LogP contribution in [0.3, 0.4) is 0 Å². The zero-order chi connectivity index (χ0) is 23.5. The molecule has 1 fully saturated rings. The van der Waals surface area contributed by atoms with Gasteiger partial charge in [0, 0.05) is 18.1 Å². The van der Waals surface area contributed by atoms with Crippen molar-refractivity contribution in [3.63, 3.8) is 0 Å². The van der Waals surface area contributed by atoms with Crippen LogP contribution in [0.25, 0.3) is 11.0 Å². The van der Waals surface area contributed by atoms with Gasteiger partial charge in [0.25, 0.3) is 5.56 Å². The number of hydrogen-bond donors (Lipinski definition) is 4. The minimum atomic E-state index is -0.208. The van der Waals surface area contributed by atoms with Gasteiger partial charge in [-0.25, -0.2) is 9.97 Å². The SMILES string of the molecule is CC(CCCc1cccc2nc(Cc3ncc(C(=N)N)[nH]3)c(=O)[nH]c12)N1C(C)CCCC1C. The number of nitrogens with zero attached hydrogens (tertiary/aromatic N) is 3. The number of amidine groups is 1. The van der Waals surface area contributed by atoms with E-state index in [9.17, 15) is 4.79 Å². The number of para-hydroxylation sites is 1. The fourth-order valence-electron chi connectivity index (χ4n) is 5.33. The molecule has 4 rings (SSSR count). The quantitative estimate of drug-likeness (QED) is 0.309. The Morgan fingerprint density at radius 3 is 2.73 bits per heavy atom. The number of aromatic amines is 2. The molecule has 33 heavy (non-hydrogen) atoms. The summed E-state index contributed by atoms with van der Waals surface area (Å²) < 4.78 is 0. The predicted molar refractivity (Wildman–Crippen MR) is 132 cm³/mol. The maximum Gasteiger partial charge on any atom is 0.270 e. The first-order valence-corrected chi connectivity index (χ1v) is 12.0. The van der Waals surface area contributed by atoms with E-state index < -0.39 is 0 Å². The Hall–Kier alpha value is -3.00. The summed E-state index contributed by atoms with van der Waals surface area (Å²) in [7, 11) is 0. The van der Waals surface area contributed by atoms with Crippen molar-refractivity contribution in [2.75, 3.05) is 0 Å². The molecule has 0 radical (unpaired) electrons. The van der Waals surface area contributed by atoms with Gasteiger partial charge in [-0.15, -0.1) is 0 Å². The molecule has 1 aliphatic heterocycles. The molecule has 1 aliphatic rings. The number of hydrogen-bond acceptors (Lipinski definition) is 5. The van der Waals surface area contributed by atoms with E-state index in [2.05, 4.69) is 51.7 Å². The Balaban J connectivity index is 1.46. The van der Waals surface area contributed by atoms with Gasteiger partial charge < -0.3 is 15.7 Å². The number of piperidine rings is 1. The van der Waals surface area contributed by atoms with E-state index in [0.29, 0.717) is 35.3 Å². The molecule has 3 heterocycles. The van der Waals surface area contributed by atoms with Crippen LogP contribution < -0.4 is 11.3 Å². The lowest BCUT2D eigenvalue weighted by molar-refractivity contribution is 0.0580. The summed E-state index contributed by atoms with van der Waals surface area (Å²) in [5.74, 6) is 0.473. The molecule has 3 atom stereocenters. The third-order valence-electron chi connectivity index (χ3n) is 6.98. The van der Waals surface area contributed by atoms with Crippen LogP contribution >= 0.6 is 0 Å². The largest absolute Gasteiger partial charge is 0.382 e. The second kappa shape index (κ2) is 9.87. The van der Waals surface area contributed by atoms with Gasteiger partial charge in [-0.1, -0.05) is 18.6 Å². The summed E-state index contributed by atoms with van der Waals surface area (Å²) >= 11 is 0. The zero-order valence-corrected chi connectivity index (χ0v) is 19.8. The molecule has 176 valence electrons. The normalized spacial score (nSPS) is 20.2. The van der Waals surface area contributed by atoms with Crippen molar-refractivity contribution >= 4 is 16.9 Å². The second-order valence-corrected chi connectivity index (χ2v) is 9.48. The molecule has 0 saturated carbocycles. The fraction of sp³-hybridized carbons (Fsp3) is 0.520. The number of aromatic nitrogens is 4. The lowest BCUT2D eigenvalue weighted by atomic mass is 9.93. The van der Waals surface area contributed by atoms with Gasteiger partial charge in [-0.2, -0.15) is 0 Å². The number of nitrogen functional groups attached to an aromatic ring is 1. The minimum absolute atomic E-state index is 0.0858. The van der Waals surface area contributed by atoms with Gasteiger partial charge in [0.15, 0.2) is 0 Å². The summed E-state index contributed by atoms with van der Waals surface area (Å²) in [6, 6.07) is 7.89. The van der Waals surface area contributed by atoms with Crippen LogP contribution in [-0.2, 0) is 12.8 Å². The Morgan fingerprint density at radius 2 is 2.03 bits per heavy atom. The number of likely N-dealkylation sites (tertiary alicyclic amines) is 1. The second-order valence-electron chi connectivity index (χ2n) is 9.48. The number of rotatable bonds is 8. The third kappa shape index (κ3) is 5.16. The first kappa shape index (κ1) is 23.2. The number of H-pyrrole nitrogens is 2. The summed E-state index contributed by atoms with van der Waals surface area (Å²) in [4.78, 5) is 30.3. The predicted octanol–water partition coefficient (Wildman–Crippen LogP) is 3.50. The molecule has 8 nitrogen and oxygen atoms in total. The highest BCUT2D eigenvalue weighted by atomic mass is 16.1. The topological polar surface area (TPSA) is 128 Å². The molecule has 3 unspecified atom stereocenters. The Morgan fingerprint density at radius 1 is 1.27 bits per heavy atom. The van der Waals surface area contributed by atoms with E-state index >= 15 is 0 Å². The molecule has 0 spiro atoms. The van der Waals surface area contributed by atoms with E-state index in [1.165, 1.54) is 25.5 Å². The number of imidazole rings is 1. The molecular formula is C25H35N7O. The summed E-state index contributed by atoms with van der Waals surface area (Å²) in [5, 5.41) is 7.48. The first-order chi connectivity index (χ1) is 15.8. The van der Waals surface area contributed by atoms with Gasteiger partial charge in [0.2, 0.25) is 0 Å². The number of aryl methyl sites for hydroxylation is 1. The van der Waals surface area contributed by atoms with E-state index in [4.69, 9.17) is 11.1 Å². The highest BCUT2D eigenvalue weighted by Crippen LogP contribution is 2.27. The Bertz CT molecular complexity index is 1170. The van der Waals surface area contributed by atoms with E-state index in [1.807, 2.05) is 12.1 Å². The standard InChI is InChI=1S/C25H35N7O/c1-15-7-4-8-16(2)32(15)17(3)9-5-10-18-11-6-12-19-23(18)31-25(33)20(29-19)13-22-28-14-21(30-22)24(26)27/h6,11-12,14-17H,4-5,7-10,13H2,1-3H3,(H3,26,27)(H,28,30)(H,31,33). The summed E-state index contributed by atoms with van der Waals surface area (Å²) in [5.41, 5.74) is 8.84. The van der Waals surface area contributed by atoms with Gasteiger partial charge in [0.05, 0.1) is 23.7 Å². The van der Waals surface area contributed by atoms with E-state index in [0.717, 1.165) is 35.9 Å². The van der Waals surface area contributed by atoms with Crippen LogP contribution in [0.5, 0.6) is 0 Å². The lowest BCUT2D eigenvalue weighted by Gasteiger charge is -2.43. The molecule has 1 saturated heterocycles. The van der Waals surface area contributed by atoms with Crippen LogP contribution in [0.2, 0.25) is 0 Å². The molecule has 1 aromatic carbocycles. The zero-order valence-electron chi connectivity index (χ0n) is 19.8. The van der Waals surface area contributed by atoms with Crippen LogP contribution in [0.15, 0.2) is 29.2 Å². The van der Waals surface area contributed by atoms with E-state index in [-0.39, 0.29) is 17.8 Å². The van der Waals surface area contributed by atoms with Crippen LogP contribution in [-0.4, -0.2) is 48.8 Å². The number of benzene rings is 1. The van der Waals surface area contributed by atoms with Crippen molar-refractivity contribution in [3.05, 3.63) is 57.5 Å². The molecule has 0 bridgehead atoms. The minimum Gasteiger partial charge on any atom is -0.382 e. The van der Waals surface area contributed by atoms with Gasteiger partial charge >= 0.3 is 0 Å². The van der Waals surface area contributed by atoms with E-state index in [1.54, 1.807) is 0 Å². The molecular weight excluding hydrogens is 414 g/mol. The van der Waals surface area contributed by atoms with Crippen molar-refractivity contribution in [1.29, 1.82) is 5.41 Å². The molecule has 0 aliphatic carbocycles. The average Bonchev–Trinajstić information content (AvgIpc) is 3.23. The maximum atomic E-state index is 12.8. The molecule has 3 aromatic rings. The highest BCUT2D eigenvalue weighted by Gasteiger charge is 2.28. The van der Waals surface area contributed by atoms with Crippen LogP contribution in [0.4, 0.5) is 0 Å². The summed E-state index contributed by atoms with van der Waals surface area (Å²) in [6.07, 6.45) is 8.79. The van der Waals surface area contributed by atoms with Crippen molar-refractivity contribution in [2.45, 2.75) is 83.8 Å². The van der Waals surface area contributed by atoms with Gasteiger partial charge in [0.1, 0.15) is 23.0 Å². The van der Waals surface area contributed by atoms with Crippen molar-refractivity contribution in [3.8, 4) is 0 Å². The Labute approximate surface area is 194 Å². The Kier molecular flexibility index (Phi) is 6.93. The van der Waals surface area contributed by atoms with Crippen molar-refractivity contribution < 1.29 is 0 Å². The maximum absolute atomic E-state index is 12.8. The van der Waals surface area contributed by atoms with Crippen LogP contribution in [0, 0.1) is 5.41 Å². The highest BCUT2D eigenvalue weighted by molar-refractivity contribution is 5.92. The first-order valence-electron chi connectivity index (χ1n) is 12.0. The lowest BCUT2D eigenvalue weighted by Crippen LogP contribution is -2.48. The van der Waals surface area contributed by atoms with Crippen molar-refractivity contribution in [2.24, 2.45) is 5.73 Å². The average molecular weight is 450 g/mol. The van der Waals surface area contributed by atoms with Gasteiger partial charge in [-0.05, 0) is 64.5 Å². The molecule has 0 amide bonds. The monoisotopic (exact) mass is 449 g/mol. The van der Waals surface area contributed by atoms with Gasteiger partial charge in [-0.3, -0.25) is 15.1 Å². The summed E-state index contributed by atoms with van der Waals surface area (Å²) in [6.45, 7) is 7.06. The fourth-order valence-corrected chi connectivity index (χ4v) is 5.33. The van der Waals surface area contributed by atoms with Crippen LogP contribution in [0.1, 0.15) is 75.7 Å². The third-order valence-corrected chi connectivity index (χ3v) is 6.98. The smallest absolute Gasteiger partial charge is 0.270 e. The van der Waals surface area contributed by atoms with Crippen molar-refractivity contribution in [1.82, 2.24) is 24.8 Å². The number of nitrogens with one attached hydrogen (secondary N) is 3. The molecule has 8 heteroatoms. The molecule has 5 N–H and O–H groups in total.